The smallest absolute Gasteiger partial charge is 0.0107 e. The van der Waals surface area contributed by atoms with Crippen molar-refractivity contribution in [3.05, 3.63) is 34.9 Å². The number of piperazine rings is 1. The summed E-state index contributed by atoms with van der Waals surface area (Å²) < 4.78 is 0. The van der Waals surface area contributed by atoms with Gasteiger partial charge in [-0.05, 0) is 61.3 Å². The molecule has 1 heterocycles. The van der Waals surface area contributed by atoms with Gasteiger partial charge in [-0.1, -0.05) is 25.1 Å². The Balaban J connectivity index is 1.47. The highest BCUT2D eigenvalue weighted by atomic mass is 15.2. The maximum atomic E-state index is 3.42. The predicted molar refractivity (Wildman–Crippen MR) is 85.4 cm³/mol. The molecule has 1 unspecified atom stereocenters. The summed E-state index contributed by atoms with van der Waals surface area (Å²) in [5, 5.41) is 3.42. The third-order valence-electron chi connectivity index (χ3n) is 5.01. The summed E-state index contributed by atoms with van der Waals surface area (Å²) in [4.78, 5) is 2.60. The number of fused-ring (bicyclic) bond motifs is 1. The van der Waals surface area contributed by atoms with Gasteiger partial charge in [0.05, 0.1) is 0 Å². The number of aryl methyl sites for hydroxylation is 2. The van der Waals surface area contributed by atoms with E-state index in [9.17, 15) is 0 Å². The van der Waals surface area contributed by atoms with Gasteiger partial charge in [-0.3, -0.25) is 0 Å². The maximum Gasteiger partial charge on any atom is 0.0107 e. The number of rotatable bonds is 5. The third kappa shape index (κ3) is 3.42. The average Bonchev–Trinajstić information content (AvgIpc) is 2.95. The van der Waals surface area contributed by atoms with Crippen molar-refractivity contribution in [3.63, 3.8) is 0 Å². The second-order valence-electron chi connectivity index (χ2n) is 6.52. The van der Waals surface area contributed by atoms with E-state index in [0.29, 0.717) is 5.92 Å². The molecule has 1 aliphatic heterocycles. The summed E-state index contributed by atoms with van der Waals surface area (Å²) in [5.74, 6) is 0.712. The standard InChI is InChI=1S/C18H28N2/c1-15(4-3-11-20-12-9-19-10-13-20)17-8-7-16-5-2-6-18(16)14-17/h7-8,14-15,19H,2-6,9-13H2,1H3. The van der Waals surface area contributed by atoms with Gasteiger partial charge in [-0.15, -0.1) is 0 Å². The second-order valence-corrected chi connectivity index (χ2v) is 6.52. The molecule has 2 nitrogen and oxygen atoms in total. The zero-order valence-corrected chi connectivity index (χ0v) is 12.8. The lowest BCUT2D eigenvalue weighted by Crippen LogP contribution is -2.43. The summed E-state index contributed by atoms with van der Waals surface area (Å²) in [6.45, 7) is 8.46. The monoisotopic (exact) mass is 272 g/mol. The molecule has 1 saturated heterocycles. The fourth-order valence-electron chi connectivity index (χ4n) is 3.62. The van der Waals surface area contributed by atoms with E-state index in [2.05, 4.69) is 35.3 Å². The quantitative estimate of drug-likeness (QED) is 0.886. The average molecular weight is 272 g/mol. The van der Waals surface area contributed by atoms with E-state index >= 15 is 0 Å². The van der Waals surface area contributed by atoms with Crippen molar-refractivity contribution in [2.75, 3.05) is 32.7 Å². The zero-order valence-electron chi connectivity index (χ0n) is 12.8. The summed E-state index contributed by atoms with van der Waals surface area (Å²) in [6, 6.07) is 7.24. The first-order chi connectivity index (χ1) is 9.83. The molecule has 1 aliphatic carbocycles. The fraction of sp³-hybridized carbons (Fsp3) is 0.667. The van der Waals surface area contributed by atoms with E-state index in [0.717, 1.165) is 0 Å². The molecule has 1 aromatic rings. The Hall–Kier alpha value is -0.860. The van der Waals surface area contributed by atoms with E-state index < -0.39 is 0 Å². The number of nitrogens with zero attached hydrogens (tertiary/aromatic N) is 1. The lowest BCUT2D eigenvalue weighted by atomic mass is 9.93. The molecule has 1 atom stereocenters. The Morgan fingerprint density at radius 2 is 1.95 bits per heavy atom. The van der Waals surface area contributed by atoms with Crippen LogP contribution in [0.3, 0.4) is 0 Å². The van der Waals surface area contributed by atoms with Gasteiger partial charge in [0.25, 0.3) is 0 Å². The molecule has 1 aromatic carbocycles. The van der Waals surface area contributed by atoms with Crippen LogP contribution >= 0.6 is 0 Å². The maximum absolute atomic E-state index is 3.42. The van der Waals surface area contributed by atoms with Crippen molar-refractivity contribution in [2.45, 2.75) is 44.9 Å². The summed E-state index contributed by atoms with van der Waals surface area (Å²) in [7, 11) is 0. The van der Waals surface area contributed by atoms with E-state index in [1.54, 1.807) is 16.7 Å². The highest BCUT2D eigenvalue weighted by Gasteiger charge is 2.14. The molecule has 0 bridgehead atoms. The van der Waals surface area contributed by atoms with Gasteiger partial charge < -0.3 is 10.2 Å². The molecular weight excluding hydrogens is 244 g/mol. The van der Waals surface area contributed by atoms with Gasteiger partial charge in [-0.2, -0.15) is 0 Å². The molecule has 2 heteroatoms. The molecule has 1 fully saturated rings. The Morgan fingerprint density at radius 1 is 1.15 bits per heavy atom. The van der Waals surface area contributed by atoms with Crippen LogP contribution in [-0.2, 0) is 12.8 Å². The van der Waals surface area contributed by atoms with Gasteiger partial charge in [0.2, 0.25) is 0 Å². The molecule has 20 heavy (non-hydrogen) atoms. The Bertz CT molecular complexity index is 435. The van der Waals surface area contributed by atoms with Gasteiger partial charge in [0, 0.05) is 26.2 Å². The number of benzene rings is 1. The molecule has 0 aromatic heterocycles. The molecule has 2 aliphatic rings. The fourth-order valence-corrected chi connectivity index (χ4v) is 3.62. The lowest BCUT2D eigenvalue weighted by molar-refractivity contribution is 0.235. The molecule has 1 N–H and O–H groups in total. The first-order valence-corrected chi connectivity index (χ1v) is 8.38. The van der Waals surface area contributed by atoms with Crippen molar-refractivity contribution in [3.8, 4) is 0 Å². The van der Waals surface area contributed by atoms with Crippen LogP contribution in [0.1, 0.15) is 48.8 Å². The zero-order chi connectivity index (χ0) is 13.8. The highest BCUT2D eigenvalue weighted by molar-refractivity contribution is 5.36. The molecule has 110 valence electrons. The van der Waals surface area contributed by atoms with Crippen LogP contribution in [0.15, 0.2) is 18.2 Å². The van der Waals surface area contributed by atoms with Crippen LogP contribution < -0.4 is 5.32 Å². The van der Waals surface area contributed by atoms with Gasteiger partial charge in [0.15, 0.2) is 0 Å². The highest BCUT2D eigenvalue weighted by Crippen LogP contribution is 2.28. The van der Waals surface area contributed by atoms with Crippen molar-refractivity contribution in [1.29, 1.82) is 0 Å². The summed E-state index contributed by atoms with van der Waals surface area (Å²) in [5.41, 5.74) is 4.78. The minimum atomic E-state index is 0.712. The Morgan fingerprint density at radius 3 is 2.80 bits per heavy atom. The summed E-state index contributed by atoms with van der Waals surface area (Å²) in [6.07, 6.45) is 6.61. The minimum Gasteiger partial charge on any atom is -0.314 e. The topological polar surface area (TPSA) is 15.3 Å². The van der Waals surface area contributed by atoms with Crippen LogP contribution in [0, 0.1) is 0 Å². The summed E-state index contributed by atoms with van der Waals surface area (Å²) >= 11 is 0. The number of nitrogens with one attached hydrogen (secondary N) is 1. The minimum absolute atomic E-state index is 0.712. The van der Waals surface area contributed by atoms with E-state index in [1.807, 2.05) is 0 Å². The van der Waals surface area contributed by atoms with Crippen LogP contribution in [0.5, 0.6) is 0 Å². The molecule has 3 rings (SSSR count). The van der Waals surface area contributed by atoms with Crippen molar-refractivity contribution in [1.82, 2.24) is 10.2 Å². The van der Waals surface area contributed by atoms with Crippen molar-refractivity contribution in [2.24, 2.45) is 0 Å². The number of hydrogen-bond acceptors (Lipinski definition) is 2. The molecule has 0 radical (unpaired) electrons. The van der Waals surface area contributed by atoms with Gasteiger partial charge >= 0.3 is 0 Å². The largest absolute Gasteiger partial charge is 0.314 e. The van der Waals surface area contributed by atoms with Gasteiger partial charge in [-0.25, -0.2) is 0 Å². The van der Waals surface area contributed by atoms with Crippen LogP contribution in [-0.4, -0.2) is 37.6 Å². The number of hydrogen-bond donors (Lipinski definition) is 1. The molecule has 0 saturated carbocycles. The molecule has 0 amide bonds. The van der Waals surface area contributed by atoms with Crippen LogP contribution in [0.4, 0.5) is 0 Å². The normalized spacial score (nSPS) is 20.9. The van der Waals surface area contributed by atoms with Crippen LogP contribution in [0.25, 0.3) is 0 Å². The Kier molecular flexibility index (Phi) is 4.74. The van der Waals surface area contributed by atoms with Crippen LogP contribution in [0.2, 0.25) is 0 Å². The molecule has 0 spiro atoms. The Labute approximate surface area is 123 Å². The van der Waals surface area contributed by atoms with Crippen molar-refractivity contribution >= 4 is 0 Å². The first-order valence-electron chi connectivity index (χ1n) is 8.38. The second kappa shape index (κ2) is 6.73. The van der Waals surface area contributed by atoms with E-state index in [4.69, 9.17) is 0 Å². The van der Waals surface area contributed by atoms with Gasteiger partial charge in [0.1, 0.15) is 0 Å². The van der Waals surface area contributed by atoms with E-state index in [1.165, 1.54) is 64.8 Å². The lowest BCUT2D eigenvalue weighted by Gasteiger charge is -2.27. The van der Waals surface area contributed by atoms with Crippen molar-refractivity contribution < 1.29 is 0 Å². The van der Waals surface area contributed by atoms with E-state index in [-0.39, 0.29) is 0 Å². The predicted octanol–water partition coefficient (Wildman–Crippen LogP) is 2.96. The molecular formula is C18H28N2. The first kappa shape index (κ1) is 14.1. The third-order valence-corrected chi connectivity index (χ3v) is 5.01. The SMILES string of the molecule is CC(CCCN1CCNCC1)c1ccc2c(c1)CCC2.